The number of amides is 1. The molecule has 0 aromatic heterocycles. The average Bonchev–Trinajstić information content (AvgIpc) is 2.77. The summed E-state index contributed by atoms with van der Waals surface area (Å²) in [4.78, 5) is 30.1. The molecule has 0 fully saturated rings. The number of hydrogen-bond donors (Lipinski definition) is 2. The van der Waals surface area contributed by atoms with Crippen LogP contribution in [0.5, 0.6) is 0 Å². The van der Waals surface area contributed by atoms with E-state index >= 15 is 0 Å². The number of benzene rings is 2. The molecule has 0 aliphatic heterocycles. The average molecular weight is 425 g/mol. The molecule has 0 unspecified atom stereocenters. The van der Waals surface area contributed by atoms with Crippen LogP contribution < -0.4 is 10.6 Å². The number of nitrogens with zero attached hydrogens (tertiary/aromatic N) is 2. The number of rotatable bonds is 9. The quantitative estimate of drug-likeness (QED) is 0.367. The lowest BCUT2D eigenvalue weighted by molar-refractivity contribution is 0.0526. The number of guanidine groups is 1. The molecule has 0 aliphatic rings. The summed E-state index contributed by atoms with van der Waals surface area (Å²) >= 11 is 0. The predicted molar refractivity (Wildman–Crippen MR) is 123 cm³/mol. The molecular weight excluding hydrogens is 392 g/mol. The van der Waals surface area contributed by atoms with Gasteiger partial charge in [0.15, 0.2) is 5.96 Å². The summed E-state index contributed by atoms with van der Waals surface area (Å²) < 4.78 is 5.00. The third-order valence-corrected chi connectivity index (χ3v) is 4.52. The van der Waals surface area contributed by atoms with E-state index in [1.165, 1.54) is 0 Å². The Morgan fingerprint density at radius 2 is 1.71 bits per heavy atom. The molecule has 0 saturated carbocycles. The molecule has 0 bridgehead atoms. The SMILES string of the molecule is CCNC(=NCc1ccc(C(=O)OCC)cc1)NCCc1cccc(C(=O)N(C)C)c1. The summed E-state index contributed by atoms with van der Waals surface area (Å²) in [7, 11) is 3.50. The van der Waals surface area contributed by atoms with Gasteiger partial charge in [-0.2, -0.15) is 0 Å². The zero-order valence-corrected chi connectivity index (χ0v) is 18.8. The molecule has 7 nitrogen and oxygen atoms in total. The minimum absolute atomic E-state index is 0.00122. The molecule has 0 atom stereocenters. The van der Waals surface area contributed by atoms with Crippen molar-refractivity contribution in [2.45, 2.75) is 26.8 Å². The summed E-state index contributed by atoms with van der Waals surface area (Å²) in [5.74, 6) is 0.403. The van der Waals surface area contributed by atoms with E-state index in [2.05, 4.69) is 15.6 Å². The molecular formula is C24H32N4O3. The van der Waals surface area contributed by atoms with Gasteiger partial charge in [-0.1, -0.05) is 24.3 Å². The lowest BCUT2D eigenvalue weighted by atomic mass is 10.1. The highest BCUT2D eigenvalue weighted by atomic mass is 16.5. The topological polar surface area (TPSA) is 83.0 Å². The Hall–Kier alpha value is -3.35. The summed E-state index contributed by atoms with van der Waals surface area (Å²) in [6, 6.07) is 15.0. The monoisotopic (exact) mass is 424 g/mol. The molecule has 0 aliphatic carbocycles. The van der Waals surface area contributed by atoms with Gasteiger partial charge in [0.1, 0.15) is 0 Å². The molecule has 2 N–H and O–H groups in total. The van der Waals surface area contributed by atoms with E-state index in [1.807, 2.05) is 43.3 Å². The molecule has 166 valence electrons. The van der Waals surface area contributed by atoms with Gasteiger partial charge in [-0.15, -0.1) is 0 Å². The number of carbonyl (C=O) groups is 2. The summed E-state index contributed by atoms with van der Waals surface area (Å²) in [5, 5.41) is 6.56. The Labute approximate surface area is 184 Å². The van der Waals surface area contributed by atoms with Crippen LogP contribution in [-0.4, -0.2) is 56.5 Å². The van der Waals surface area contributed by atoms with Crippen molar-refractivity contribution < 1.29 is 14.3 Å². The van der Waals surface area contributed by atoms with Gasteiger partial charge < -0.3 is 20.3 Å². The number of nitrogens with one attached hydrogen (secondary N) is 2. The highest BCUT2D eigenvalue weighted by molar-refractivity contribution is 5.94. The molecule has 2 aromatic carbocycles. The second kappa shape index (κ2) is 12.4. The van der Waals surface area contributed by atoms with Crippen LogP contribution in [0.2, 0.25) is 0 Å². The van der Waals surface area contributed by atoms with Gasteiger partial charge in [-0.05, 0) is 55.7 Å². The van der Waals surface area contributed by atoms with E-state index in [9.17, 15) is 9.59 Å². The van der Waals surface area contributed by atoms with E-state index in [4.69, 9.17) is 4.74 Å². The van der Waals surface area contributed by atoms with Crippen molar-refractivity contribution in [2.24, 2.45) is 4.99 Å². The van der Waals surface area contributed by atoms with Crippen LogP contribution >= 0.6 is 0 Å². The summed E-state index contributed by atoms with van der Waals surface area (Å²) in [6.07, 6.45) is 0.771. The Balaban J connectivity index is 1.92. The van der Waals surface area contributed by atoms with Gasteiger partial charge in [0.2, 0.25) is 0 Å². The van der Waals surface area contributed by atoms with Crippen molar-refractivity contribution in [3.8, 4) is 0 Å². The smallest absolute Gasteiger partial charge is 0.338 e. The van der Waals surface area contributed by atoms with Gasteiger partial charge in [-0.25, -0.2) is 9.79 Å². The Kier molecular flexibility index (Phi) is 9.55. The lowest BCUT2D eigenvalue weighted by Crippen LogP contribution is -2.38. The van der Waals surface area contributed by atoms with Gasteiger partial charge in [-0.3, -0.25) is 4.79 Å². The molecule has 1 amide bonds. The Bertz CT molecular complexity index is 892. The van der Waals surface area contributed by atoms with E-state index < -0.39 is 0 Å². The third kappa shape index (κ3) is 7.77. The summed E-state index contributed by atoms with van der Waals surface area (Å²) in [5.41, 5.74) is 3.31. The molecule has 2 rings (SSSR count). The first-order valence-electron chi connectivity index (χ1n) is 10.5. The van der Waals surface area contributed by atoms with Crippen molar-refractivity contribution in [2.75, 3.05) is 33.8 Å². The first kappa shape index (κ1) is 23.9. The fourth-order valence-electron chi connectivity index (χ4n) is 2.92. The summed E-state index contributed by atoms with van der Waals surface area (Å²) in [6.45, 7) is 6.09. The number of hydrogen-bond acceptors (Lipinski definition) is 4. The van der Waals surface area contributed by atoms with E-state index in [-0.39, 0.29) is 11.9 Å². The van der Waals surface area contributed by atoms with Crippen molar-refractivity contribution in [3.05, 3.63) is 70.8 Å². The first-order valence-corrected chi connectivity index (χ1v) is 10.5. The highest BCUT2D eigenvalue weighted by Gasteiger charge is 2.08. The van der Waals surface area contributed by atoms with E-state index in [1.54, 1.807) is 38.1 Å². The number of aliphatic imine (C=N–C) groups is 1. The largest absolute Gasteiger partial charge is 0.462 e. The minimum atomic E-state index is -0.316. The normalized spacial score (nSPS) is 11.0. The fourth-order valence-corrected chi connectivity index (χ4v) is 2.92. The van der Waals surface area contributed by atoms with Crippen molar-refractivity contribution >= 4 is 17.8 Å². The molecule has 0 spiro atoms. The lowest BCUT2D eigenvalue weighted by Gasteiger charge is -2.13. The van der Waals surface area contributed by atoms with Crippen LogP contribution in [0.25, 0.3) is 0 Å². The fraction of sp³-hybridized carbons (Fsp3) is 0.375. The molecule has 2 aromatic rings. The van der Waals surface area contributed by atoms with Crippen LogP contribution in [-0.2, 0) is 17.7 Å². The van der Waals surface area contributed by atoms with Crippen LogP contribution in [0.15, 0.2) is 53.5 Å². The molecule has 0 radical (unpaired) electrons. The van der Waals surface area contributed by atoms with E-state index in [0.29, 0.717) is 30.8 Å². The predicted octanol–water partition coefficient (Wildman–Crippen LogP) is 2.86. The zero-order chi connectivity index (χ0) is 22.6. The number of carbonyl (C=O) groups excluding carboxylic acids is 2. The second-order valence-electron chi connectivity index (χ2n) is 7.19. The van der Waals surface area contributed by atoms with Crippen LogP contribution in [0.4, 0.5) is 0 Å². The standard InChI is InChI=1S/C24H32N4O3/c1-5-25-24(27-17-19-10-12-20(13-11-19)23(30)31-6-2)26-15-14-18-8-7-9-21(16-18)22(29)28(3)4/h7-13,16H,5-6,14-15,17H2,1-4H3,(H2,25,26,27). The maximum Gasteiger partial charge on any atom is 0.338 e. The van der Waals surface area contributed by atoms with E-state index in [0.717, 1.165) is 30.1 Å². The van der Waals surface area contributed by atoms with Crippen LogP contribution in [0, 0.1) is 0 Å². The highest BCUT2D eigenvalue weighted by Crippen LogP contribution is 2.09. The molecule has 0 saturated heterocycles. The molecule has 7 heteroatoms. The Morgan fingerprint density at radius 1 is 0.968 bits per heavy atom. The number of esters is 1. The van der Waals surface area contributed by atoms with Crippen molar-refractivity contribution in [1.82, 2.24) is 15.5 Å². The molecule has 31 heavy (non-hydrogen) atoms. The Morgan fingerprint density at radius 3 is 2.35 bits per heavy atom. The van der Waals surface area contributed by atoms with Gasteiger partial charge in [0.05, 0.1) is 18.7 Å². The number of ether oxygens (including phenoxy) is 1. The van der Waals surface area contributed by atoms with Crippen molar-refractivity contribution in [1.29, 1.82) is 0 Å². The maximum absolute atomic E-state index is 12.1. The van der Waals surface area contributed by atoms with Crippen LogP contribution in [0.1, 0.15) is 45.7 Å². The van der Waals surface area contributed by atoms with Gasteiger partial charge >= 0.3 is 5.97 Å². The van der Waals surface area contributed by atoms with Gasteiger partial charge in [0.25, 0.3) is 5.91 Å². The zero-order valence-electron chi connectivity index (χ0n) is 18.8. The second-order valence-corrected chi connectivity index (χ2v) is 7.19. The molecule has 0 heterocycles. The van der Waals surface area contributed by atoms with Crippen molar-refractivity contribution in [3.63, 3.8) is 0 Å². The van der Waals surface area contributed by atoms with Crippen LogP contribution in [0.3, 0.4) is 0 Å². The first-order chi connectivity index (χ1) is 14.9. The van der Waals surface area contributed by atoms with Gasteiger partial charge in [0, 0.05) is 32.7 Å². The minimum Gasteiger partial charge on any atom is -0.462 e. The third-order valence-electron chi connectivity index (χ3n) is 4.52. The maximum atomic E-state index is 12.1.